The zero-order valence-electron chi connectivity index (χ0n) is 12.9. The van der Waals surface area contributed by atoms with Crippen LogP contribution in [-0.2, 0) is 9.53 Å². The number of likely N-dealkylation sites (tertiary alicyclic amines) is 1. The van der Waals surface area contributed by atoms with Crippen molar-refractivity contribution < 1.29 is 14.3 Å². The lowest BCUT2D eigenvalue weighted by Gasteiger charge is -2.28. The van der Waals surface area contributed by atoms with Crippen LogP contribution >= 0.6 is 0 Å². The normalized spacial score (nSPS) is 19.1. The van der Waals surface area contributed by atoms with Crippen molar-refractivity contribution in [2.45, 2.75) is 45.3 Å². The van der Waals surface area contributed by atoms with Crippen molar-refractivity contribution in [2.24, 2.45) is 4.99 Å². The van der Waals surface area contributed by atoms with Gasteiger partial charge in [0, 0.05) is 12.7 Å². The molecule has 2 amide bonds. The van der Waals surface area contributed by atoms with Gasteiger partial charge in [0.1, 0.15) is 17.5 Å². The van der Waals surface area contributed by atoms with Gasteiger partial charge < -0.3 is 10.1 Å². The van der Waals surface area contributed by atoms with Crippen LogP contribution < -0.4 is 5.32 Å². The zero-order chi connectivity index (χ0) is 16.0. The van der Waals surface area contributed by atoms with E-state index in [1.54, 1.807) is 20.8 Å². The van der Waals surface area contributed by atoms with Crippen molar-refractivity contribution in [1.29, 1.82) is 0 Å². The van der Waals surface area contributed by atoms with E-state index in [2.05, 4.69) is 23.5 Å². The fourth-order valence-corrected chi connectivity index (χ4v) is 2.02. The largest absolute Gasteiger partial charge is 0.444 e. The Morgan fingerprint density at radius 1 is 1.38 bits per heavy atom. The third-order valence-corrected chi connectivity index (χ3v) is 2.86. The van der Waals surface area contributed by atoms with Crippen LogP contribution in [0.4, 0.5) is 4.79 Å². The van der Waals surface area contributed by atoms with Gasteiger partial charge in [-0.3, -0.25) is 9.69 Å². The second-order valence-corrected chi connectivity index (χ2v) is 5.72. The van der Waals surface area contributed by atoms with Crippen LogP contribution in [0.3, 0.4) is 0 Å². The molecule has 1 N–H and O–H groups in total. The van der Waals surface area contributed by atoms with Gasteiger partial charge in [0.25, 0.3) is 0 Å². The van der Waals surface area contributed by atoms with Gasteiger partial charge in [-0.05, 0) is 39.7 Å². The van der Waals surface area contributed by atoms with Crippen LogP contribution in [0.5, 0.6) is 0 Å². The van der Waals surface area contributed by atoms with E-state index in [0.717, 1.165) is 6.42 Å². The molecule has 0 spiro atoms. The van der Waals surface area contributed by atoms with E-state index in [9.17, 15) is 9.59 Å². The molecule has 6 nitrogen and oxygen atoms in total. The van der Waals surface area contributed by atoms with E-state index in [1.807, 2.05) is 0 Å². The molecule has 0 aliphatic carbocycles. The summed E-state index contributed by atoms with van der Waals surface area (Å²) in [4.78, 5) is 29.7. The van der Waals surface area contributed by atoms with Gasteiger partial charge in [-0.2, -0.15) is 0 Å². The SMILES string of the molecule is C=CN=C(C=C)NC(=O)C1CCCN1C(=O)OC(C)(C)C. The number of nitrogens with one attached hydrogen (secondary N) is 1. The molecule has 0 bridgehead atoms. The lowest BCUT2D eigenvalue weighted by Crippen LogP contribution is -2.48. The highest BCUT2D eigenvalue weighted by molar-refractivity contribution is 6.06. The Bertz CT molecular complexity index is 463. The summed E-state index contributed by atoms with van der Waals surface area (Å²) in [6.45, 7) is 12.9. The number of ether oxygens (including phenoxy) is 1. The minimum atomic E-state index is -0.586. The Morgan fingerprint density at radius 3 is 2.57 bits per heavy atom. The third-order valence-electron chi connectivity index (χ3n) is 2.86. The summed E-state index contributed by atoms with van der Waals surface area (Å²) < 4.78 is 5.32. The van der Waals surface area contributed by atoms with Crippen LogP contribution in [-0.4, -0.2) is 40.9 Å². The minimum absolute atomic E-state index is 0.293. The summed E-state index contributed by atoms with van der Waals surface area (Å²) in [7, 11) is 0. The molecule has 6 heteroatoms. The Labute approximate surface area is 125 Å². The second kappa shape index (κ2) is 7.06. The van der Waals surface area contributed by atoms with E-state index < -0.39 is 17.7 Å². The summed E-state index contributed by atoms with van der Waals surface area (Å²) in [5.41, 5.74) is -0.586. The van der Waals surface area contributed by atoms with Crippen molar-refractivity contribution in [3.8, 4) is 0 Å². The molecule has 0 radical (unpaired) electrons. The first-order valence-electron chi connectivity index (χ1n) is 6.90. The average Bonchev–Trinajstić information content (AvgIpc) is 2.85. The lowest BCUT2D eigenvalue weighted by molar-refractivity contribution is -0.124. The Balaban J connectivity index is 2.74. The first kappa shape index (κ1) is 16.9. The molecule has 21 heavy (non-hydrogen) atoms. The first-order chi connectivity index (χ1) is 9.78. The molecule has 1 rings (SSSR count). The number of nitrogens with zero attached hydrogens (tertiary/aromatic N) is 2. The van der Waals surface area contributed by atoms with Crippen LogP contribution in [0, 0.1) is 0 Å². The van der Waals surface area contributed by atoms with Crippen molar-refractivity contribution in [3.05, 3.63) is 25.4 Å². The van der Waals surface area contributed by atoms with Gasteiger partial charge >= 0.3 is 6.09 Å². The summed E-state index contributed by atoms with van der Waals surface area (Å²) >= 11 is 0. The number of hydrogen-bond donors (Lipinski definition) is 1. The smallest absolute Gasteiger partial charge is 0.410 e. The van der Waals surface area contributed by atoms with E-state index in [-0.39, 0.29) is 5.91 Å². The number of carbonyl (C=O) groups is 2. The molecule has 1 aliphatic rings. The van der Waals surface area contributed by atoms with Gasteiger partial charge in [0.05, 0.1) is 0 Å². The van der Waals surface area contributed by atoms with Crippen molar-refractivity contribution in [2.75, 3.05) is 6.54 Å². The number of amides is 2. The fraction of sp³-hybridized carbons (Fsp3) is 0.533. The highest BCUT2D eigenvalue weighted by Crippen LogP contribution is 2.20. The maximum atomic E-state index is 12.2. The lowest BCUT2D eigenvalue weighted by atomic mass is 10.2. The molecule has 1 fully saturated rings. The highest BCUT2D eigenvalue weighted by atomic mass is 16.6. The molecule has 1 unspecified atom stereocenters. The van der Waals surface area contributed by atoms with Crippen LogP contribution in [0.1, 0.15) is 33.6 Å². The van der Waals surface area contributed by atoms with Crippen molar-refractivity contribution in [3.63, 3.8) is 0 Å². The predicted octanol–water partition coefficient (Wildman–Crippen LogP) is 2.23. The first-order valence-corrected chi connectivity index (χ1v) is 6.90. The van der Waals surface area contributed by atoms with E-state index in [1.165, 1.54) is 17.2 Å². The molecule has 116 valence electrons. The average molecular weight is 293 g/mol. The molecule has 0 aromatic rings. The quantitative estimate of drug-likeness (QED) is 0.640. The summed E-state index contributed by atoms with van der Waals surface area (Å²) in [5, 5.41) is 2.63. The topological polar surface area (TPSA) is 71.0 Å². The molecule has 1 aliphatic heterocycles. The Kier molecular flexibility index (Phi) is 5.69. The summed E-state index contributed by atoms with van der Waals surface area (Å²) in [6.07, 6.45) is 3.63. The van der Waals surface area contributed by atoms with Crippen molar-refractivity contribution in [1.82, 2.24) is 10.2 Å². The van der Waals surface area contributed by atoms with Crippen LogP contribution in [0.2, 0.25) is 0 Å². The fourth-order valence-electron chi connectivity index (χ4n) is 2.02. The molecule has 0 saturated carbocycles. The monoisotopic (exact) mass is 293 g/mol. The number of hydrogen-bond acceptors (Lipinski definition) is 4. The van der Waals surface area contributed by atoms with Crippen LogP contribution in [0.15, 0.2) is 30.4 Å². The molecular formula is C15H23N3O3. The van der Waals surface area contributed by atoms with E-state index in [4.69, 9.17) is 4.74 Å². The zero-order valence-corrected chi connectivity index (χ0v) is 12.9. The van der Waals surface area contributed by atoms with Gasteiger partial charge in [-0.1, -0.05) is 13.2 Å². The van der Waals surface area contributed by atoms with E-state index >= 15 is 0 Å². The Hall–Kier alpha value is -2.11. The molecule has 0 aromatic carbocycles. The number of aliphatic imine (C=N–C) groups is 1. The second-order valence-electron chi connectivity index (χ2n) is 5.72. The third kappa shape index (κ3) is 5.06. The van der Waals surface area contributed by atoms with Crippen molar-refractivity contribution >= 4 is 17.8 Å². The maximum absolute atomic E-state index is 12.2. The van der Waals surface area contributed by atoms with Gasteiger partial charge in [0.15, 0.2) is 0 Å². The number of carbonyl (C=O) groups excluding carboxylic acids is 2. The molecule has 1 saturated heterocycles. The van der Waals surface area contributed by atoms with Crippen LogP contribution in [0.25, 0.3) is 0 Å². The summed E-state index contributed by atoms with van der Waals surface area (Å²) in [5.74, 6) is 0.0184. The molecular weight excluding hydrogens is 270 g/mol. The highest BCUT2D eigenvalue weighted by Gasteiger charge is 2.36. The van der Waals surface area contributed by atoms with Gasteiger partial charge in [0.2, 0.25) is 5.91 Å². The maximum Gasteiger partial charge on any atom is 0.410 e. The number of amidine groups is 1. The standard InChI is InChI=1S/C15H23N3O3/c1-6-12(16-7-2)17-13(19)11-9-8-10-18(11)14(20)21-15(3,4)5/h6-7,11H,1-2,8-10H2,3-5H3,(H,16,17,19). The molecule has 0 aromatic heterocycles. The van der Waals surface area contributed by atoms with Gasteiger partial charge in [-0.25, -0.2) is 9.79 Å². The summed E-state index contributed by atoms with van der Waals surface area (Å²) in [6, 6.07) is -0.546. The predicted molar refractivity (Wildman–Crippen MR) is 81.9 cm³/mol. The van der Waals surface area contributed by atoms with Gasteiger partial charge in [-0.15, -0.1) is 0 Å². The number of rotatable bonds is 3. The molecule has 1 atom stereocenters. The molecule has 1 heterocycles. The Morgan fingerprint density at radius 2 is 2.05 bits per heavy atom. The van der Waals surface area contributed by atoms with E-state index in [0.29, 0.717) is 18.8 Å². The minimum Gasteiger partial charge on any atom is -0.444 e.